The lowest BCUT2D eigenvalue weighted by atomic mass is 9.89. The Morgan fingerprint density at radius 1 is 1.29 bits per heavy atom. The molecule has 0 bridgehead atoms. The van der Waals surface area contributed by atoms with E-state index in [0.29, 0.717) is 6.54 Å². The number of carbonyl (C=O) groups is 1. The van der Waals surface area contributed by atoms with E-state index in [2.05, 4.69) is 24.4 Å². The number of nitrogens with one attached hydrogen (secondary N) is 1. The average Bonchev–Trinajstić information content (AvgIpc) is 2.95. The first-order valence-corrected chi connectivity index (χ1v) is 7.90. The molecule has 4 nitrogen and oxygen atoms in total. The van der Waals surface area contributed by atoms with Crippen LogP contribution in [0.4, 0.5) is 4.79 Å². The summed E-state index contributed by atoms with van der Waals surface area (Å²) in [6, 6.07) is 8.21. The molecule has 2 heterocycles. The van der Waals surface area contributed by atoms with Gasteiger partial charge in [0.05, 0.1) is 5.60 Å². The van der Waals surface area contributed by atoms with Crippen molar-refractivity contribution in [3.05, 3.63) is 35.4 Å². The third kappa shape index (κ3) is 3.21. The van der Waals surface area contributed by atoms with E-state index in [1.807, 2.05) is 17.0 Å². The lowest BCUT2D eigenvalue weighted by molar-refractivity contribution is -0.0361. The molecule has 0 radical (unpaired) electrons. The van der Waals surface area contributed by atoms with Gasteiger partial charge in [-0.2, -0.15) is 0 Å². The molecule has 0 unspecified atom stereocenters. The van der Waals surface area contributed by atoms with Crippen LogP contribution in [0.3, 0.4) is 0 Å². The molecular formula is C17H24N2O2. The van der Waals surface area contributed by atoms with E-state index in [9.17, 15) is 4.79 Å². The van der Waals surface area contributed by atoms with Crippen LogP contribution in [0.25, 0.3) is 0 Å². The summed E-state index contributed by atoms with van der Waals surface area (Å²) in [5.74, 6) is 0. The fraction of sp³-hybridized carbons (Fsp3) is 0.588. The fourth-order valence-corrected chi connectivity index (χ4v) is 3.36. The van der Waals surface area contributed by atoms with Crippen LogP contribution < -0.4 is 5.32 Å². The Balaban J connectivity index is 1.49. The van der Waals surface area contributed by atoms with Crippen LogP contribution in [0.5, 0.6) is 0 Å². The van der Waals surface area contributed by atoms with Gasteiger partial charge in [-0.05, 0) is 43.7 Å². The number of piperidine rings is 1. The molecule has 0 aliphatic carbocycles. The summed E-state index contributed by atoms with van der Waals surface area (Å²) in [5, 5.41) is 3.03. The zero-order valence-corrected chi connectivity index (χ0v) is 12.7. The Morgan fingerprint density at radius 3 is 2.71 bits per heavy atom. The second kappa shape index (κ2) is 6.06. The van der Waals surface area contributed by atoms with Crippen molar-refractivity contribution in [2.24, 2.45) is 0 Å². The summed E-state index contributed by atoms with van der Waals surface area (Å²) in [6.07, 6.45) is 4.28. The molecular weight excluding hydrogens is 264 g/mol. The van der Waals surface area contributed by atoms with Gasteiger partial charge in [0.2, 0.25) is 0 Å². The van der Waals surface area contributed by atoms with Gasteiger partial charge in [0.25, 0.3) is 0 Å². The minimum absolute atomic E-state index is 0.0473. The molecule has 114 valence electrons. The van der Waals surface area contributed by atoms with Crippen LogP contribution in [-0.2, 0) is 11.3 Å². The van der Waals surface area contributed by atoms with Gasteiger partial charge in [0, 0.05) is 26.2 Å². The lowest BCUT2D eigenvalue weighted by Gasteiger charge is -2.38. The molecule has 0 atom stereocenters. The van der Waals surface area contributed by atoms with Gasteiger partial charge in [-0.15, -0.1) is 0 Å². The third-order valence-electron chi connectivity index (χ3n) is 4.84. The Morgan fingerprint density at radius 2 is 2.05 bits per heavy atom. The summed E-state index contributed by atoms with van der Waals surface area (Å²) in [7, 11) is 0. The topological polar surface area (TPSA) is 41.6 Å². The van der Waals surface area contributed by atoms with Crippen LogP contribution in [0.1, 0.15) is 36.8 Å². The minimum Gasteiger partial charge on any atom is -0.375 e. The molecule has 1 aromatic carbocycles. The van der Waals surface area contributed by atoms with Crippen molar-refractivity contribution in [3.63, 3.8) is 0 Å². The normalized spacial score (nSPS) is 20.7. The van der Waals surface area contributed by atoms with Crippen molar-refractivity contribution in [1.82, 2.24) is 10.2 Å². The molecule has 2 fully saturated rings. The van der Waals surface area contributed by atoms with Crippen LogP contribution in [0.15, 0.2) is 24.3 Å². The number of rotatable bonds is 2. The number of hydrogen-bond donors (Lipinski definition) is 1. The van der Waals surface area contributed by atoms with Crippen LogP contribution in [0, 0.1) is 6.92 Å². The summed E-state index contributed by atoms with van der Waals surface area (Å²) in [5.41, 5.74) is 2.47. The van der Waals surface area contributed by atoms with E-state index in [0.717, 1.165) is 39.0 Å². The molecule has 2 saturated heterocycles. The van der Waals surface area contributed by atoms with Gasteiger partial charge in [-0.25, -0.2) is 4.79 Å². The van der Waals surface area contributed by atoms with E-state index in [-0.39, 0.29) is 11.6 Å². The number of aryl methyl sites for hydroxylation is 1. The quantitative estimate of drug-likeness (QED) is 0.909. The molecule has 4 heteroatoms. The fourth-order valence-electron chi connectivity index (χ4n) is 3.36. The van der Waals surface area contributed by atoms with Crippen molar-refractivity contribution in [2.75, 3.05) is 19.7 Å². The van der Waals surface area contributed by atoms with Crippen molar-refractivity contribution < 1.29 is 9.53 Å². The molecule has 2 aliphatic heterocycles. The Bertz CT molecular complexity index is 499. The zero-order valence-electron chi connectivity index (χ0n) is 12.7. The number of nitrogens with zero attached hydrogens (tertiary/aromatic N) is 1. The third-order valence-corrected chi connectivity index (χ3v) is 4.84. The number of carbonyl (C=O) groups excluding carboxylic acids is 1. The molecule has 3 rings (SSSR count). The van der Waals surface area contributed by atoms with E-state index in [1.165, 1.54) is 17.5 Å². The van der Waals surface area contributed by atoms with Crippen LogP contribution in [0.2, 0.25) is 0 Å². The first kappa shape index (κ1) is 14.4. The summed E-state index contributed by atoms with van der Waals surface area (Å²) < 4.78 is 5.90. The van der Waals surface area contributed by atoms with Gasteiger partial charge in [-0.3, -0.25) is 0 Å². The van der Waals surface area contributed by atoms with E-state index in [4.69, 9.17) is 4.74 Å². The van der Waals surface area contributed by atoms with Gasteiger partial charge in [-0.1, -0.05) is 24.3 Å². The Hall–Kier alpha value is -1.55. The van der Waals surface area contributed by atoms with Crippen molar-refractivity contribution >= 4 is 6.03 Å². The van der Waals surface area contributed by atoms with E-state index < -0.39 is 0 Å². The molecule has 21 heavy (non-hydrogen) atoms. The maximum absolute atomic E-state index is 12.3. The predicted molar refractivity (Wildman–Crippen MR) is 82.1 cm³/mol. The van der Waals surface area contributed by atoms with Crippen molar-refractivity contribution in [3.8, 4) is 0 Å². The standard InChI is InChI=1S/C17H24N2O2/c1-14-5-2-3-6-15(14)13-18-16(20)19-10-8-17(9-11-19)7-4-12-21-17/h2-3,5-6H,4,7-13H2,1H3,(H,18,20). The molecule has 0 aromatic heterocycles. The largest absolute Gasteiger partial charge is 0.375 e. The Kier molecular flexibility index (Phi) is 4.15. The van der Waals surface area contributed by atoms with Crippen LogP contribution >= 0.6 is 0 Å². The number of benzene rings is 1. The first-order chi connectivity index (χ1) is 10.2. The van der Waals surface area contributed by atoms with Gasteiger partial charge in [0.15, 0.2) is 0 Å². The zero-order chi connectivity index (χ0) is 14.7. The minimum atomic E-state index is 0.0473. The maximum atomic E-state index is 12.3. The van der Waals surface area contributed by atoms with Crippen molar-refractivity contribution in [2.45, 2.75) is 44.8 Å². The molecule has 0 saturated carbocycles. The highest BCUT2D eigenvalue weighted by Crippen LogP contribution is 2.35. The molecule has 2 aliphatic rings. The molecule has 1 spiro atoms. The highest BCUT2D eigenvalue weighted by molar-refractivity contribution is 5.74. The number of urea groups is 1. The first-order valence-electron chi connectivity index (χ1n) is 7.90. The van der Waals surface area contributed by atoms with Crippen LogP contribution in [-0.4, -0.2) is 36.2 Å². The van der Waals surface area contributed by atoms with Crippen molar-refractivity contribution in [1.29, 1.82) is 0 Å². The number of likely N-dealkylation sites (tertiary alicyclic amines) is 1. The molecule has 1 N–H and O–H groups in total. The van der Waals surface area contributed by atoms with E-state index in [1.54, 1.807) is 0 Å². The highest BCUT2D eigenvalue weighted by atomic mass is 16.5. The van der Waals surface area contributed by atoms with Gasteiger partial charge < -0.3 is 15.0 Å². The van der Waals surface area contributed by atoms with Gasteiger partial charge >= 0.3 is 6.03 Å². The number of hydrogen-bond acceptors (Lipinski definition) is 2. The number of amides is 2. The summed E-state index contributed by atoms with van der Waals surface area (Å²) in [6.45, 7) is 5.17. The average molecular weight is 288 g/mol. The smallest absolute Gasteiger partial charge is 0.317 e. The predicted octanol–water partition coefficient (Wildman–Crippen LogP) is 2.85. The second-order valence-electron chi connectivity index (χ2n) is 6.21. The number of ether oxygens (including phenoxy) is 1. The highest BCUT2D eigenvalue weighted by Gasteiger charge is 2.39. The molecule has 1 aromatic rings. The second-order valence-corrected chi connectivity index (χ2v) is 6.21. The van der Waals surface area contributed by atoms with E-state index >= 15 is 0 Å². The molecule has 2 amide bonds. The Labute approximate surface area is 126 Å². The SMILES string of the molecule is Cc1ccccc1CNC(=O)N1CCC2(CCCO2)CC1. The summed E-state index contributed by atoms with van der Waals surface area (Å²) >= 11 is 0. The summed E-state index contributed by atoms with van der Waals surface area (Å²) in [4.78, 5) is 14.2. The monoisotopic (exact) mass is 288 g/mol. The maximum Gasteiger partial charge on any atom is 0.317 e. The lowest BCUT2D eigenvalue weighted by Crippen LogP contribution is -2.49. The van der Waals surface area contributed by atoms with Gasteiger partial charge in [0.1, 0.15) is 0 Å².